The molecule has 0 atom stereocenters. The number of hydrogen-bond acceptors (Lipinski definition) is 4. The van der Waals surface area contributed by atoms with E-state index in [2.05, 4.69) is 23.8 Å². The average Bonchev–Trinajstić information content (AvgIpc) is 2.26. The van der Waals surface area contributed by atoms with E-state index in [9.17, 15) is 0 Å². The second-order valence-electron chi connectivity index (χ2n) is 4.02. The number of thioether (sulfide) groups is 1. The second-order valence-corrected chi connectivity index (χ2v) is 5.94. The highest BCUT2D eigenvalue weighted by atomic mass is 35.5. The molecule has 0 saturated heterocycles. The Balaban J connectivity index is 2.18. The summed E-state index contributed by atoms with van der Waals surface area (Å²) in [6, 6.07) is 0. The molecule has 0 amide bonds. The van der Waals surface area contributed by atoms with E-state index >= 15 is 0 Å². The summed E-state index contributed by atoms with van der Waals surface area (Å²) in [6.45, 7) is 5.61. The van der Waals surface area contributed by atoms with Crippen molar-refractivity contribution in [3.05, 3.63) is 22.2 Å². The lowest BCUT2D eigenvalue weighted by atomic mass is 10.1. The summed E-state index contributed by atoms with van der Waals surface area (Å²) >= 11 is 7.95. The molecule has 1 aromatic heterocycles. The molecule has 0 N–H and O–H groups in total. The molecule has 0 bridgehead atoms. The average molecular weight is 259 g/mol. The van der Waals surface area contributed by atoms with Gasteiger partial charge in [-0.1, -0.05) is 25.4 Å². The highest BCUT2D eigenvalue weighted by molar-refractivity contribution is 7.99. The van der Waals surface area contributed by atoms with Gasteiger partial charge in [-0.3, -0.25) is 0 Å². The number of ether oxygens (including phenoxy) is 1. The van der Waals surface area contributed by atoms with Gasteiger partial charge in [0.25, 0.3) is 0 Å². The van der Waals surface area contributed by atoms with Crippen molar-refractivity contribution in [2.24, 2.45) is 0 Å². The van der Waals surface area contributed by atoms with Crippen LogP contribution in [0, 0.1) is 0 Å². The van der Waals surface area contributed by atoms with Crippen LogP contribution in [0.4, 0.5) is 0 Å². The van der Waals surface area contributed by atoms with E-state index in [1.165, 1.54) is 0 Å². The maximum Gasteiger partial charge on any atom is 0.140 e. The summed E-state index contributed by atoms with van der Waals surface area (Å²) in [4.78, 5) is 8.86. The molecule has 3 nitrogen and oxygen atoms in total. The van der Waals surface area contributed by atoms with E-state index in [0.717, 1.165) is 35.9 Å². The molecule has 0 aliphatic carbocycles. The number of fused-ring (bicyclic) bond motifs is 1. The molecule has 0 fully saturated rings. The third kappa shape index (κ3) is 2.87. The van der Waals surface area contributed by atoms with Crippen LogP contribution in [0.25, 0.3) is 0 Å². The van der Waals surface area contributed by atoms with Crippen LogP contribution in [0.5, 0.6) is 0 Å². The van der Waals surface area contributed by atoms with Gasteiger partial charge in [-0.2, -0.15) is 11.8 Å². The van der Waals surface area contributed by atoms with Crippen molar-refractivity contribution in [1.82, 2.24) is 9.97 Å². The predicted molar refractivity (Wildman–Crippen MR) is 66.8 cm³/mol. The molecule has 0 radical (unpaired) electrons. The SMILES string of the molecule is CC(C)SCc1nc(Cl)c2c(n1)CCOC2. The summed E-state index contributed by atoms with van der Waals surface area (Å²) in [6.07, 6.45) is 0.844. The summed E-state index contributed by atoms with van der Waals surface area (Å²) < 4.78 is 5.35. The van der Waals surface area contributed by atoms with Gasteiger partial charge in [-0.15, -0.1) is 0 Å². The van der Waals surface area contributed by atoms with E-state index in [1.807, 2.05) is 11.8 Å². The van der Waals surface area contributed by atoms with Crippen molar-refractivity contribution in [2.75, 3.05) is 6.61 Å². The summed E-state index contributed by atoms with van der Waals surface area (Å²) in [5.74, 6) is 1.66. The van der Waals surface area contributed by atoms with Crippen LogP contribution >= 0.6 is 23.4 Å². The zero-order valence-electron chi connectivity index (χ0n) is 9.49. The standard InChI is InChI=1S/C11H15ClN2OS/c1-7(2)16-6-10-13-9-3-4-15-5-8(9)11(12)14-10/h7H,3-6H2,1-2H3. The van der Waals surface area contributed by atoms with Crippen molar-refractivity contribution >= 4 is 23.4 Å². The van der Waals surface area contributed by atoms with Crippen molar-refractivity contribution in [2.45, 2.75) is 37.9 Å². The lowest BCUT2D eigenvalue weighted by Gasteiger charge is -2.17. The Labute approximate surface area is 105 Å². The van der Waals surface area contributed by atoms with Gasteiger partial charge in [0, 0.05) is 12.0 Å². The maximum atomic E-state index is 6.12. The molecule has 0 aromatic carbocycles. The van der Waals surface area contributed by atoms with Gasteiger partial charge in [0.15, 0.2) is 0 Å². The Kier molecular flexibility index (Phi) is 4.05. The van der Waals surface area contributed by atoms with Crippen LogP contribution in [0.15, 0.2) is 0 Å². The van der Waals surface area contributed by atoms with Crippen molar-refractivity contribution < 1.29 is 4.74 Å². The van der Waals surface area contributed by atoms with Gasteiger partial charge < -0.3 is 4.74 Å². The molecule has 0 spiro atoms. The van der Waals surface area contributed by atoms with Gasteiger partial charge in [-0.25, -0.2) is 9.97 Å². The predicted octanol–water partition coefficient (Wildman–Crippen LogP) is 2.84. The maximum absolute atomic E-state index is 6.12. The number of nitrogens with zero attached hydrogens (tertiary/aromatic N) is 2. The number of halogens is 1. The third-order valence-corrected chi connectivity index (χ3v) is 3.77. The highest BCUT2D eigenvalue weighted by Crippen LogP contribution is 2.24. The zero-order valence-corrected chi connectivity index (χ0v) is 11.1. The minimum atomic E-state index is 0.547. The normalized spacial score (nSPS) is 15.2. The highest BCUT2D eigenvalue weighted by Gasteiger charge is 2.17. The van der Waals surface area contributed by atoms with Crippen LogP contribution in [-0.2, 0) is 23.5 Å². The fraction of sp³-hybridized carbons (Fsp3) is 0.636. The zero-order chi connectivity index (χ0) is 11.5. The molecule has 1 aliphatic rings. The van der Waals surface area contributed by atoms with Gasteiger partial charge in [0.1, 0.15) is 11.0 Å². The molecule has 88 valence electrons. The molecule has 5 heteroatoms. The molecule has 16 heavy (non-hydrogen) atoms. The van der Waals surface area contributed by atoms with Crippen LogP contribution < -0.4 is 0 Å². The molecule has 0 saturated carbocycles. The first-order valence-corrected chi connectivity index (χ1v) is 6.83. The number of hydrogen-bond donors (Lipinski definition) is 0. The molecular formula is C11H15ClN2OS. The van der Waals surface area contributed by atoms with E-state index in [1.54, 1.807) is 0 Å². The van der Waals surface area contributed by atoms with E-state index in [-0.39, 0.29) is 0 Å². The Hall–Kier alpha value is -0.320. The molecule has 1 aliphatic heterocycles. The second kappa shape index (κ2) is 5.34. The largest absolute Gasteiger partial charge is 0.376 e. The Morgan fingerprint density at radius 3 is 3.00 bits per heavy atom. The lowest BCUT2D eigenvalue weighted by Crippen LogP contribution is -2.15. The fourth-order valence-electron chi connectivity index (χ4n) is 1.55. The van der Waals surface area contributed by atoms with Crippen molar-refractivity contribution in [3.63, 3.8) is 0 Å². The Morgan fingerprint density at radius 1 is 1.44 bits per heavy atom. The van der Waals surface area contributed by atoms with E-state index in [4.69, 9.17) is 16.3 Å². The molecule has 1 aromatic rings. The smallest absolute Gasteiger partial charge is 0.140 e. The van der Waals surface area contributed by atoms with Crippen LogP contribution in [-0.4, -0.2) is 21.8 Å². The molecular weight excluding hydrogens is 244 g/mol. The number of aromatic nitrogens is 2. The summed E-state index contributed by atoms with van der Waals surface area (Å²) in [7, 11) is 0. The molecule has 2 heterocycles. The first kappa shape index (κ1) is 12.1. The van der Waals surface area contributed by atoms with E-state index < -0.39 is 0 Å². The third-order valence-electron chi connectivity index (χ3n) is 2.36. The summed E-state index contributed by atoms with van der Waals surface area (Å²) in [5.41, 5.74) is 2.02. The monoisotopic (exact) mass is 258 g/mol. The molecule has 2 rings (SSSR count). The van der Waals surface area contributed by atoms with Crippen molar-refractivity contribution in [1.29, 1.82) is 0 Å². The fourth-order valence-corrected chi connectivity index (χ4v) is 2.42. The number of rotatable bonds is 3. The lowest BCUT2D eigenvalue weighted by molar-refractivity contribution is 0.109. The Morgan fingerprint density at radius 2 is 2.25 bits per heavy atom. The van der Waals surface area contributed by atoms with Gasteiger partial charge in [-0.05, 0) is 5.25 Å². The van der Waals surface area contributed by atoms with E-state index in [0.29, 0.717) is 17.0 Å². The van der Waals surface area contributed by atoms with Crippen molar-refractivity contribution in [3.8, 4) is 0 Å². The van der Waals surface area contributed by atoms with Crippen LogP contribution in [0.3, 0.4) is 0 Å². The van der Waals surface area contributed by atoms with Gasteiger partial charge in [0.05, 0.1) is 24.7 Å². The first-order valence-electron chi connectivity index (χ1n) is 5.40. The van der Waals surface area contributed by atoms with Crippen LogP contribution in [0.1, 0.15) is 30.9 Å². The minimum absolute atomic E-state index is 0.547. The van der Waals surface area contributed by atoms with Gasteiger partial charge in [0.2, 0.25) is 0 Å². The van der Waals surface area contributed by atoms with Crippen LogP contribution in [0.2, 0.25) is 5.15 Å². The first-order chi connectivity index (χ1) is 7.66. The topological polar surface area (TPSA) is 35.0 Å². The van der Waals surface area contributed by atoms with Gasteiger partial charge >= 0.3 is 0 Å². The quantitative estimate of drug-likeness (QED) is 0.781. The molecule has 0 unspecified atom stereocenters. The minimum Gasteiger partial charge on any atom is -0.376 e. The summed E-state index contributed by atoms with van der Waals surface area (Å²) in [5, 5.41) is 1.14. The Bertz CT molecular complexity index is 384.